The molecule has 0 aliphatic carbocycles. The van der Waals surface area contributed by atoms with Crippen molar-refractivity contribution in [3.63, 3.8) is 0 Å². The van der Waals surface area contributed by atoms with E-state index in [2.05, 4.69) is 48.1 Å². The molecule has 0 spiro atoms. The van der Waals surface area contributed by atoms with Gasteiger partial charge in [0, 0.05) is 37.4 Å². The minimum atomic E-state index is 0.0154. The van der Waals surface area contributed by atoms with Crippen LogP contribution in [0.2, 0.25) is 0 Å². The molecule has 114 valence electrons. The molecule has 4 nitrogen and oxygen atoms in total. The number of rotatable bonds is 1. The van der Waals surface area contributed by atoms with Crippen LogP contribution in [-0.2, 0) is 4.79 Å². The van der Waals surface area contributed by atoms with E-state index in [9.17, 15) is 4.79 Å². The maximum Gasteiger partial charge on any atom is 0.230 e. The van der Waals surface area contributed by atoms with E-state index < -0.39 is 0 Å². The first-order chi connectivity index (χ1) is 9.99. The summed E-state index contributed by atoms with van der Waals surface area (Å²) in [7, 11) is 2.14. The standard InChI is InChI=1S/C17H25N3O/c1-17(2)12-20(11-10-19(17)3)16(21)14-8-9-18-15-7-5-4-6-13(14)15/h4-7,14,18H,8-12H2,1-3H3. The Kier molecular flexibility index (Phi) is 3.66. The molecule has 2 heterocycles. The van der Waals surface area contributed by atoms with Crippen molar-refractivity contribution < 1.29 is 4.79 Å². The Hall–Kier alpha value is -1.55. The molecule has 1 fully saturated rings. The van der Waals surface area contributed by atoms with Crippen molar-refractivity contribution in [1.82, 2.24) is 9.80 Å². The first-order valence-electron chi connectivity index (χ1n) is 7.82. The lowest BCUT2D eigenvalue weighted by atomic mass is 9.88. The molecule has 1 aromatic rings. The number of para-hydroxylation sites is 1. The minimum absolute atomic E-state index is 0.0154. The highest BCUT2D eigenvalue weighted by Crippen LogP contribution is 2.33. The van der Waals surface area contributed by atoms with E-state index in [1.54, 1.807) is 0 Å². The van der Waals surface area contributed by atoms with Crippen LogP contribution in [0, 0.1) is 0 Å². The van der Waals surface area contributed by atoms with Gasteiger partial charge in [-0.3, -0.25) is 9.69 Å². The zero-order valence-corrected chi connectivity index (χ0v) is 13.2. The van der Waals surface area contributed by atoms with E-state index in [0.29, 0.717) is 5.91 Å². The summed E-state index contributed by atoms with van der Waals surface area (Å²) in [6.07, 6.45) is 0.891. The topological polar surface area (TPSA) is 35.6 Å². The van der Waals surface area contributed by atoms with E-state index in [1.165, 1.54) is 0 Å². The molecule has 1 amide bonds. The predicted octanol–water partition coefficient (Wildman–Crippen LogP) is 2.14. The SMILES string of the molecule is CN1CCN(C(=O)C2CCNc3ccccc32)CC1(C)C. The normalized spacial score (nSPS) is 25.1. The number of carbonyl (C=O) groups is 1. The quantitative estimate of drug-likeness (QED) is 0.859. The monoisotopic (exact) mass is 287 g/mol. The molecule has 4 heteroatoms. The molecule has 0 saturated carbocycles. The number of fused-ring (bicyclic) bond motifs is 1. The van der Waals surface area contributed by atoms with E-state index in [0.717, 1.165) is 43.9 Å². The van der Waals surface area contributed by atoms with Crippen molar-refractivity contribution in [3.05, 3.63) is 29.8 Å². The van der Waals surface area contributed by atoms with Gasteiger partial charge in [-0.05, 0) is 38.9 Å². The summed E-state index contributed by atoms with van der Waals surface area (Å²) in [4.78, 5) is 17.4. The molecule has 21 heavy (non-hydrogen) atoms. The molecule has 1 N–H and O–H groups in total. The lowest BCUT2D eigenvalue weighted by Crippen LogP contribution is -2.59. The molecule has 2 aliphatic heterocycles. The highest BCUT2D eigenvalue weighted by molar-refractivity contribution is 5.86. The summed E-state index contributed by atoms with van der Waals surface area (Å²) < 4.78 is 0. The summed E-state index contributed by atoms with van der Waals surface area (Å²) in [5, 5.41) is 3.39. The van der Waals surface area contributed by atoms with Gasteiger partial charge >= 0.3 is 0 Å². The Morgan fingerprint density at radius 2 is 2.05 bits per heavy atom. The first-order valence-corrected chi connectivity index (χ1v) is 7.82. The molecular formula is C17H25N3O. The van der Waals surface area contributed by atoms with E-state index in [-0.39, 0.29) is 11.5 Å². The van der Waals surface area contributed by atoms with Gasteiger partial charge in [0.1, 0.15) is 0 Å². The maximum absolute atomic E-state index is 13.0. The number of hydrogen-bond donors (Lipinski definition) is 1. The lowest BCUT2D eigenvalue weighted by Gasteiger charge is -2.46. The van der Waals surface area contributed by atoms with Gasteiger partial charge in [0.05, 0.1) is 5.92 Å². The molecule has 0 bridgehead atoms. The summed E-state index contributed by atoms with van der Waals surface area (Å²) in [5.74, 6) is 0.312. The van der Waals surface area contributed by atoms with Crippen LogP contribution in [0.5, 0.6) is 0 Å². The second kappa shape index (κ2) is 5.34. The number of hydrogen-bond acceptors (Lipinski definition) is 3. The number of piperazine rings is 1. The Balaban J connectivity index is 1.81. The summed E-state index contributed by atoms with van der Waals surface area (Å²) in [5.41, 5.74) is 2.33. The highest BCUT2D eigenvalue weighted by atomic mass is 16.2. The number of anilines is 1. The van der Waals surface area contributed by atoms with Gasteiger partial charge in [0.2, 0.25) is 5.91 Å². The third-order valence-corrected chi connectivity index (χ3v) is 5.01. The Bertz CT molecular complexity index is 541. The molecule has 2 aliphatic rings. The predicted molar refractivity (Wildman–Crippen MR) is 85.6 cm³/mol. The summed E-state index contributed by atoms with van der Waals surface area (Å²) in [6, 6.07) is 8.21. The summed E-state index contributed by atoms with van der Waals surface area (Å²) >= 11 is 0. The van der Waals surface area contributed by atoms with Crippen molar-refractivity contribution in [2.24, 2.45) is 0 Å². The van der Waals surface area contributed by atoms with Crippen molar-refractivity contribution in [1.29, 1.82) is 0 Å². The van der Waals surface area contributed by atoms with E-state index >= 15 is 0 Å². The number of likely N-dealkylation sites (N-methyl/N-ethyl adjacent to an activating group) is 1. The highest BCUT2D eigenvalue weighted by Gasteiger charge is 2.37. The molecule has 1 saturated heterocycles. The fraction of sp³-hybridized carbons (Fsp3) is 0.588. The van der Waals surface area contributed by atoms with E-state index in [1.807, 2.05) is 12.1 Å². The lowest BCUT2D eigenvalue weighted by molar-refractivity contribution is -0.137. The molecule has 1 unspecified atom stereocenters. The molecule has 0 radical (unpaired) electrons. The fourth-order valence-corrected chi connectivity index (χ4v) is 3.37. The average Bonchev–Trinajstić information content (AvgIpc) is 2.48. The molecule has 0 aromatic heterocycles. The van der Waals surface area contributed by atoms with Crippen LogP contribution in [0.15, 0.2) is 24.3 Å². The van der Waals surface area contributed by atoms with Crippen molar-refractivity contribution in [2.45, 2.75) is 31.7 Å². The van der Waals surface area contributed by atoms with Crippen molar-refractivity contribution in [3.8, 4) is 0 Å². The third-order valence-electron chi connectivity index (χ3n) is 5.01. The van der Waals surface area contributed by atoms with Crippen molar-refractivity contribution in [2.75, 3.05) is 38.5 Å². The first kappa shape index (κ1) is 14.4. The maximum atomic E-state index is 13.0. The van der Waals surface area contributed by atoms with Gasteiger partial charge in [-0.2, -0.15) is 0 Å². The smallest absolute Gasteiger partial charge is 0.230 e. The summed E-state index contributed by atoms with van der Waals surface area (Å²) in [6.45, 7) is 7.90. The Morgan fingerprint density at radius 1 is 1.29 bits per heavy atom. The van der Waals surface area contributed by atoms with Crippen LogP contribution in [0.1, 0.15) is 31.7 Å². The van der Waals surface area contributed by atoms with Crippen LogP contribution < -0.4 is 5.32 Å². The van der Waals surface area contributed by atoms with Gasteiger partial charge in [0.15, 0.2) is 0 Å². The largest absolute Gasteiger partial charge is 0.385 e. The van der Waals surface area contributed by atoms with Crippen LogP contribution in [-0.4, -0.2) is 54.5 Å². The zero-order chi connectivity index (χ0) is 15.0. The van der Waals surface area contributed by atoms with Gasteiger partial charge in [-0.15, -0.1) is 0 Å². The minimum Gasteiger partial charge on any atom is -0.385 e. The number of nitrogens with one attached hydrogen (secondary N) is 1. The zero-order valence-electron chi connectivity index (χ0n) is 13.2. The molecule has 3 rings (SSSR count). The van der Waals surface area contributed by atoms with Gasteiger partial charge in [-0.25, -0.2) is 0 Å². The molecule has 1 aromatic carbocycles. The Labute approximate surface area is 127 Å². The second-order valence-corrected chi connectivity index (χ2v) is 6.85. The second-order valence-electron chi connectivity index (χ2n) is 6.85. The van der Waals surface area contributed by atoms with Crippen LogP contribution in [0.3, 0.4) is 0 Å². The number of benzene rings is 1. The van der Waals surface area contributed by atoms with E-state index in [4.69, 9.17) is 0 Å². The number of carbonyl (C=O) groups excluding carboxylic acids is 1. The fourth-order valence-electron chi connectivity index (χ4n) is 3.37. The van der Waals surface area contributed by atoms with Crippen LogP contribution in [0.25, 0.3) is 0 Å². The van der Waals surface area contributed by atoms with Crippen LogP contribution in [0.4, 0.5) is 5.69 Å². The van der Waals surface area contributed by atoms with Crippen molar-refractivity contribution >= 4 is 11.6 Å². The van der Waals surface area contributed by atoms with Gasteiger partial charge in [0.25, 0.3) is 0 Å². The van der Waals surface area contributed by atoms with Crippen LogP contribution >= 0.6 is 0 Å². The Morgan fingerprint density at radius 3 is 2.81 bits per heavy atom. The number of nitrogens with zero attached hydrogens (tertiary/aromatic N) is 2. The average molecular weight is 287 g/mol. The number of amides is 1. The van der Waals surface area contributed by atoms with Gasteiger partial charge in [-0.1, -0.05) is 18.2 Å². The molecule has 1 atom stereocenters. The third kappa shape index (κ3) is 2.64. The molecular weight excluding hydrogens is 262 g/mol. The van der Waals surface area contributed by atoms with Gasteiger partial charge < -0.3 is 10.2 Å².